The first-order chi connectivity index (χ1) is 10.4. The Morgan fingerprint density at radius 3 is 2.95 bits per heavy atom. The fraction of sp³-hybridized carbons (Fsp3) is 0.533. The Hall–Kier alpha value is -1.60. The van der Waals surface area contributed by atoms with Crippen molar-refractivity contribution in [3.63, 3.8) is 0 Å². The van der Waals surface area contributed by atoms with Crippen molar-refractivity contribution < 1.29 is 13.2 Å². The van der Waals surface area contributed by atoms with Gasteiger partial charge in [-0.3, -0.25) is 9.58 Å². The van der Waals surface area contributed by atoms with Gasteiger partial charge in [-0.1, -0.05) is 6.07 Å². The van der Waals surface area contributed by atoms with E-state index in [1.807, 2.05) is 30.1 Å². The Balaban J connectivity index is 1.82. The second kappa shape index (κ2) is 5.89. The number of piperazine rings is 1. The number of aryl methyl sites for hydroxylation is 1. The van der Waals surface area contributed by atoms with Gasteiger partial charge in [0.15, 0.2) is 0 Å². The molecule has 1 atom stereocenters. The molecule has 7 heteroatoms. The molecule has 0 aliphatic carbocycles. The summed E-state index contributed by atoms with van der Waals surface area (Å²) in [5, 5.41) is 8.49. The van der Waals surface area contributed by atoms with E-state index in [4.69, 9.17) is 0 Å². The van der Waals surface area contributed by atoms with Gasteiger partial charge in [-0.25, -0.2) is 0 Å². The number of alkyl halides is 3. The molecule has 1 aliphatic heterocycles. The standard InChI is InChI=1S/C15H19F3N4/c1-21-13-3-2-11(8-12(13)9-20-21)14-10-19-5-7-22(14)6-4-15(16,17)18/h2-3,8-9,14,19H,4-7,10H2,1H3. The van der Waals surface area contributed by atoms with Crippen LogP contribution in [0.25, 0.3) is 10.9 Å². The van der Waals surface area contributed by atoms with Gasteiger partial charge in [0.1, 0.15) is 0 Å². The van der Waals surface area contributed by atoms with Crippen molar-refractivity contribution in [3.05, 3.63) is 30.0 Å². The molecule has 0 saturated carbocycles. The average Bonchev–Trinajstić information content (AvgIpc) is 2.86. The molecule has 1 N–H and O–H groups in total. The van der Waals surface area contributed by atoms with Crippen LogP contribution in [0.4, 0.5) is 13.2 Å². The van der Waals surface area contributed by atoms with E-state index in [9.17, 15) is 13.2 Å². The molecule has 1 fully saturated rings. The smallest absolute Gasteiger partial charge is 0.314 e. The summed E-state index contributed by atoms with van der Waals surface area (Å²) >= 11 is 0. The predicted molar refractivity (Wildman–Crippen MR) is 78.6 cm³/mol. The molecule has 1 aliphatic rings. The topological polar surface area (TPSA) is 33.1 Å². The van der Waals surface area contributed by atoms with Crippen LogP contribution in [-0.4, -0.2) is 47.0 Å². The molecule has 1 saturated heterocycles. The molecule has 2 heterocycles. The highest BCUT2D eigenvalue weighted by Gasteiger charge is 2.31. The number of hydrogen-bond acceptors (Lipinski definition) is 3. The Labute approximate surface area is 126 Å². The number of halogens is 3. The summed E-state index contributed by atoms with van der Waals surface area (Å²) in [6.07, 6.45) is -3.09. The van der Waals surface area contributed by atoms with Crippen molar-refractivity contribution in [2.75, 3.05) is 26.2 Å². The normalized spacial score (nSPS) is 20.6. The van der Waals surface area contributed by atoms with Gasteiger partial charge in [0.25, 0.3) is 0 Å². The molecular formula is C15H19F3N4. The number of hydrogen-bond donors (Lipinski definition) is 1. The number of nitrogens with one attached hydrogen (secondary N) is 1. The van der Waals surface area contributed by atoms with Gasteiger partial charge >= 0.3 is 6.18 Å². The Morgan fingerprint density at radius 2 is 2.18 bits per heavy atom. The minimum absolute atomic E-state index is 0.0271. The molecule has 0 radical (unpaired) electrons. The lowest BCUT2D eigenvalue weighted by Gasteiger charge is -2.36. The summed E-state index contributed by atoms with van der Waals surface area (Å²) in [6, 6.07) is 5.97. The van der Waals surface area contributed by atoms with Crippen LogP contribution < -0.4 is 5.32 Å². The second-order valence-corrected chi connectivity index (χ2v) is 5.71. The first-order valence-corrected chi connectivity index (χ1v) is 7.37. The molecule has 2 aromatic rings. The van der Waals surface area contributed by atoms with Gasteiger partial charge in [0, 0.05) is 44.7 Å². The maximum atomic E-state index is 12.5. The molecule has 4 nitrogen and oxygen atoms in total. The molecule has 0 amide bonds. The van der Waals surface area contributed by atoms with Crippen LogP contribution in [0.2, 0.25) is 0 Å². The van der Waals surface area contributed by atoms with E-state index in [1.165, 1.54) is 0 Å². The average molecular weight is 312 g/mol. The third kappa shape index (κ3) is 3.25. The Bertz CT molecular complexity index is 650. The van der Waals surface area contributed by atoms with E-state index in [1.54, 1.807) is 10.9 Å². The third-order valence-corrected chi connectivity index (χ3v) is 4.19. The van der Waals surface area contributed by atoms with Gasteiger partial charge in [-0.2, -0.15) is 18.3 Å². The highest BCUT2D eigenvalue weighted by Crippen LogP contribution is 2.28. The molecule has 3 rings (SSSR count). The molecule has 22 heavy (non-hydrogen) atoms. The third-order valence-electron chi connectivity index (χ3n) is 4.19. The van der Waals surface area contributed by atoms with Crippen molar-refractivity contribution in [2.24, 2.45) is 7.05 Å². The molecule has 0 bridgehead atoms. The zero-order valence-electron chi connectivity index (χ0n) is 12.4. The number of fused-ring (bicyclic) bond motifs is 1. The highest BCUT2D eigenvalue weighted by molar-refractivity contribution is 5.79. The van der Waals surface area contributed by atoms with Crippen molar-refractivity contribution in [2.45, 2.75) is 18.6 Å². The number of rotatable bonds is 3. The fourth-order valence-electron chi connectivity index (χ4n) is 3.00. The van der Waals surface area contributed by atoms with Crippen LogP contribution in [0.1, 0.15) is 18.0 Å². The highest BCUT2D eigenvalue weighted by atomic mass is 19.4. The van der Waals surface area contributed by atoms with Crippen LogP contribution in [0.5, 0.6) is 0 Å². The quantitative estimate of drug-likeness (QED) is 0.945. The van der Waals surface area contributed by atoms with Gasteiger partial charge in [0.05, 0.1) is 18.1 Å². The zero-order chi connectivity index (χ0) is 15.7. The van der Waals surface area contributed by atoms with Crippen LogP contribution in [0.3, 0.4) is 0 Å². The van der Waals surface area contributed by atoms with E-state index >= 15 is 0 Å². The first kappa shape index (κ1) is 15.3. The van der Waals surface area contributed by atoms with E-state index in [2.05, 4.69) is 10.4 Å². The van der Waals surface area contributed by atoms with E-state index in [0.29, 0.717) is 13.1 Å². The second-order valence-electron chi connectivity index (χ2n) is 5.71. The summed E-state index contributed by atoms with van der Waals surface area (Å²) in [6.45, 7) is 2.07. The van der Waals surface area contributed by atoms with Crippen molar-refractivity contribution in [1.29, 1.82) is 0 Å². The number of benzene rings is 1. The summed E-state index contributed by atoms with van der Waals surface area (Å²) in [5.41, 5.74) is 2.06. The molecular weight excluding hydrogens is 293 g/mol. The summed E-state index contributed by atoms with van der Waals surface area (Å²) in [4.78, 5) is 1.92. The predicted octanol–water partition coefficient (Wildman–Crippen LogP) is 2.47. The van der Waals surface area contributed by atoms with Gasteiger partial charge in [-0.05, 0) is 17.7 Å². The SMILES string of the molecule is Cn1ncc2cc(C3CNCCN3CCC(F)(F)F)ccc21. The molecule has 1 aromatic heterocycles. The summed E-state index contributed by atoms with van der Waals surface area (Å²) < 4.78 is 39.3. The van der Waals surface area contributed by atoms with Gasteiger partial charge in [-0.15, -0.1) is 0 Å². The molecule has 0 spiro atoms. The molecule has 1 aromatic carbocycles. The number of nitrogens with zero attached hydrogens (tertiary/aromatic N) is 3. The van der Waals surface area contributed by atoms with Crippen molar-refractivity contribution >= 4 is 10.9 Å². The molecule has 1 unspecified atom stereocenters. The number of aromatic nitrogens is 2. The Kier molecular flexibility index (Phi) is 4.10. The Morgan fingerprint density at radius 1 is 1.36 bits per heavy atom. The summed E-state index contributed by atoms with van der Waals surface area (Å²) in [7, 11) is 1.87. The maximum absolute atomic E-state index is 12.5. The minimum atomic E-state index is -4.11. The van der Waals surface area contributed by atoms with E-state index in [-0.39, 0.29) is 12.6 Å². The minimum Gasteiger partial charge on any atom is -0.314 e. The van der Waals surface area contributed by atoms with Crippen LogP contribution in [0.15, 0.2) is 24.4 Å². The van der Waals surface area contributed by atoms with Crippen molar-refractivity contribution in [1.82, 2.24) is 20.0 Å². The lowest BCUT2D eigenvalue weighted by Crippen LogP contribution is -2.46. The fourth-order valence-corrected chi connectivity index (χ4v) is 3.00. The van der Waals surface area contributed by atoms with Crippen molar-refractivity contribution in [3.8, 4) is 0 Å². The first-order valence-electron chi connectivity index (χ1n) is 7.37. The van der Waals surface area contributed by atoms with Crippen LogP contribution in [-0.2, 0) is 7.05 Å². The maximum Gasteiger partial charge on any atom is 0.390 e. The summed E-state index contributed by atoms with van der Waals surface area (Å²) in [5.74, 6) is 0. The van der Waals surface area contributed by atoms with Gasteiger partial charge in [0.2, 0.25) is 0 Å². The molecule has 120 valence electrons. The zero-order valence-corrected chi connectivity index (χ0v) is 12.4. The van der Waals surface area contributed by atoms with Crippen LogP contribution in [0, 0.1) is 0 Å². The monoisotopic (exact) mass is 312 g/mol. The lowest BCUT2D eigenvalue weighted by molar-refractivity contribution is -0.139. The van der Waals surface area contributed by atoms with E-state index < -0.39 is 12.6 Å². The van der Waals surface area contributed by atoms with Crippen LogP contribution >= 0.6 is 0 Å². The van der Waals surface area contributed by atoms with Gasteiger partial charge < -0.3 is 5.32 Å². The lowest BCUT2D eigenvalue weighted by atomic mass is 10.0. The van der Waals surface area contributed by atoms with E-state index in [0.717, 1.165) is 23.0 Å². The largest absolute Gasteiger partial charge is 0.390 e.